The van der Waals surface area contributed by atoms with E-state index in [2.05, 4.69) is 38.3 Å². The summed E-state index contributed by atoms with van der Waals surface area (Å²) in [5.74, 6) is -2.39. The number of nitrogens with one attached hydrogen (secondary N) is 2. The lowest BCUT2D eigenvalue weighted by atomic mass is 9.44. The van der Waals surface area contributed by atoms with Crippen LogP contribution < -0.4 is 16.2 Å². The van der Waals surface area contributed by atoms with Crippen LogP contribution in [0.4, 0.5) is 5.69 Å². The summed E-state index contributed by atoms with van der Waals surface area (Å²) < 4.78 is 13.5. The number of esters is 2. The van der Waals surface area contributed by atoms with E-state index in [9.17, 15) is 58.1 Å². The lowest BCUT2D eigenvalue weighted by Gasteiger charge is -2.58. The summed E-state index contributed by atoms with van der Waals surface area (Å²) in [6.45, 7) is 14.1. The molecule has 18 atom stereocenters. The molecular weight excluding hydrogens is 1200 g/mol. The van der Waals surface area contributed by atoms with Crippen LogP contribution in [0, 0.1) is 103 Å². The Labute approximate surface area is 547 Å². The highest BCUT2D eigenvalue weighted by atomic mass is 16.6. The van der Waals surface area contributed by atoms with E-state index in [0.717, 1.165) is 25.7 Å². The predicted octanol–water partition coefficient (Wildman–Crippen LogP) is 10.3. The molecule has 13 rings (SSSR count). The molecule has 502 valence electrons. The van der Waals surface area contributed by atoms with Crippen molar-refractivity contribution in [2.45, 2.75) is 215 Å². The quantitative estimate of drug-likeness (QED) is 0.0405. The standard InChI is InChI=1S/C74H91N5O15/c1-8-74(51-33-57-66-40(36-78(57)67(88)46(51)37-93-69(74)90)28-45-54(77-66)13-11-14-56(45)79(91)92)94-68(89)55(76-63(87)22-16-39(3)48-18-20-50-65-53(35-61(85)73(48,50)7)71(5)26-24-44(81)30-42(71)32-59(65)83)12-9-10-27-75-62(86)21-15-38(2)47-17-19-49-64-52(34-60(84)72(47,49)6)70(4)25-23-43(80)29-41(70)31-58(64)82/h11,13-14,28,33,38-39,41-42,47-50,52-53,55,64-65H,8-10,12,15-27,29-32,34-37H2,1-7H3,(H,75,86)(H,76,87)/t38-,39-,41?,42?,47?,48?,49?,50?,52?,53?,55?,64?,65?,70+,71+,72-,73-,74+/m1/s1. The molecule has 2 N–H and O–H groups in total. The minimum absolute atomic E-state index is 0.00583. The second-order valence-electron chi connectivity index (χ2n) is 31.5. The third-order valence-electron chi connectivity index (χ3n) is 27.3. The summed E-state index contributed by atoms with van der Waals surface area (Å²) in [5, 5.41) is 18.3. The van der Waals surface area contributed by atoms with Gasteiger partial charge in [-0.1, -0.05) is 54.5 Å². The Balaban J connectivity index is 0.685. The van der Waals surface area contributed by atoms with E-state index in [0.29, 0.717) is 118 Å². The zero-order chi connectivity index (χ0) is 66.9. The Bertz CT molecular complexity index is 3840. The highest BCUT2D eigenvalue weighted by Crippen LogP contribution is 2.68. The zero-order valence-corrected chi connectivity index (χ0v) is 55.5. The van der Waals surface area contributed by atoms with Crippen LogP contribution in [-0.4, -0.2) is 85.5 Å². The SMILES string of the molecule is CC[C@@]1(OC(=O)C(CCCCNC(=O)CC[C@@H](C)C2CCC3C4C(=O)CC5CC(=O)CC[C@]5(C)C4CC(=O)[C@@]32C)NC(=O)CC[C@@H](C)C2CCC3C4C(=O)CC5CC(=O)CC[C@]5(C)C4CC(=O)[C@@]32C)C(=O)OCc2c1cc1n(c2=O)Cc2cc3c([N+](=O)[O-])cccc3nc2-1. The van der Waals surface area contributed by atoms with Crippen molar-refractivity contribution in [2.75, 3.05) is 6.54 Å². The normalized spacial score (nSPS) is 35.5. The molecule has 3 aromatic rings. The third kappa shape index (κ3) is 10.4. The van der Waals surface area contributed by atoms with Crippen molar-refractivity contribution in [1.29, 1.82) is 0 Å². The van der Waals surface area contributed by atoms with Gasteiger partial charge in [0, 0.05) is 111 Å². The molecule has 0 radical (unpaired) electrons. The number of cyclic esters (lactones) is 1. The van der Waals surface area contributed by atoms with Crippen molar-refractivity contribution >= 4 is 75.0 Å². The van der Waals surface area contributed by atoms with Gasteiger partial charge in [-0.05, 0) is 165 Å². The molecule has 0 spiro atoms. The van der Waals surface area contributed by atoms with E-state index < -0.39 is 57.4 Å². The number of hydrogen-bond donors (Lipinski definition) is 2. The number of nitrogens with zero attached hydrogens (tertiary/aromatic N) is 3. The summed E-state index contributed by atoms with van der Waals surface area (Å²) in [4.78, 5) is 170. The molecule has 2 aromatic heterocycles. The average molecular weight is 1290 g/mol. The zero-order valence-electron chi connectivity index (χ0n) is 55.5. The highest BCUT2D eigenvalue weighted by molar-refractivity contribution is 5.96. The van der Waals surface area contributed by atoms with Gasteiger partial charge in [0.25, 0.3) is 11.2 Å². The maximum Gasteiger partial charge on any atom is 0.355 e. The van der Waals surface area contributed by atoms with Crippen molar-refractivity contribution in [2.24, 2.45) is 92.7 Å². The molecule has 94 heavy (non-hydrogen) atoms. The number of carbonyl (C=O) groups excluding carboxylic acids is 10. The van der Waals surface area contributed by atoms with Crippen molar-refractivity contribution < 1.29 is 62.3 Å². The Kier molecular flexibility index (Phi) is 16.9. The molecule has 10 aliphatic rings. The van der Waals surface area contributed by atoms with Gasteiger partial charge in [-0.15, -0.1) is 0 Å². The summed E-state index contributed by atoms with van der Waals surface area (Å²) in [6, 6.07) is 6.47. The number of rotatable bonds is 18. The first-order valence-corrected chi connectivity index (χ1v) is 35.1. The van der Waals surface area contributed by atoms with Crippen LogP contribution >= 0.6 is 0 Å². The Hall–Kier alpha value is -7.12. The molecule has 8 fully saturated rings. The van der Waals surface area contributed by atoms with Crippen molar-refractivity contribution in [1.82, 2.24) is 20.2 Å². The van der Waals surface area contributed by atoms with E-state index in [1.165, 1.54) is 16.7 Å². The molecular formula is C74H91N5O15. The van der Waals surface area contributed by atoms with Gasteiger partial charge >= 0.3 is 11.9 Å². The number of pyridine rings is 2. The second kappa shape index (κ2) is 24.2. The van der Waals surface area contributed by atoms with E-state index in [1.807, 2.05) is 13.8 Å². The fourth-order valence-corrected chi connectivity index (χ4v) is 21.8. The number of carbonyl (C=O) groups is 10. The number of unbranched alkanes of at least 4 members (excludes halogenated alkanes) is 1. The summed E-state index contributed by atoms with van der Waals surface area (Å²) in [5.41, 5.74) is -2.96. The number of nitro groups is 1. The fraction of sp³-hybridized carbons (Fsp3) is 0.676. The van der Waals surface area contributed by atoms with Crippen molar-refractivity contribution in [3.8, 4) is 11.4 Å². The largest absolute Gasteiger partial charge is 0.457 e. The molecule has 2 amide bonds. The minimum Gasteiger partial charge on any atom is -0.457 e. The molecule has 0 bridgehead atoms. The third-order valence-corrected chi connectivity index (χ3v) is 27.3. The predicted molar refractivity (Wildman–Crippen MR) is 343 cm³/mol. The van der Waals surface area contributed by atoms with Crippen LogP contribution in [0.5, 0.6) is 0 Å². The number of benzene rings is 1. The van der Waals surface area contributed by atoms with Gasteiger partial charge in [0.1, 0.15) is 47.3 Å². The van der Waals surface area contributed by atoms with Crippen molar-refractivity contribution in [3.63, 3.8) is 0 Å². The van der Waals surface area contributed by atoms with E-state index >= 15 is 4.79 Å². The number of ketones is 6. The summed E-state index contributed by atoms with van der Waals surface area (Å²) in [6.07, 6.45) is 9.34. The number of ether oxygens (including phenoxy) is 2. The van der Waals surface area contributed by atoms with Gasteiger partial charge in [0.05, 0.1) is 39.3 Å². The molecule has 4 heterocycles. The molecule has 8 saturated carbocycles. The van der Waals surface area contributed by atoms with Crippen molar-refractivity contribution in [3.05, 3.63) is 67.5 Å². The van der Waals surface area contributed by atoms with E-state index in [1.54, 1.807) is 25.1 Å². The molecule has 11 unspecified atom stereocenters. The molecule has 8 aliphatic carbocycles. The molecule has 20 nitrogen and oxygen atoms in total. The Morgan fingerprint density at radius 2 is 1.31 bits per heavy atom. The summed E-state index contributed by atoms with van der Waals surface area (Å²) in [7, 11) is 0. The number of nitro benzene ring substituents is 1. The first-order chi connectivity index (χ1) is 44.7. The van der Waals surface area contributed by atoms with Crippen LogP contribution in [0.25, 0.3) is 22.3 Å². The number of fused-ring (bicyclic) bond motifs is 15. The number of Topliss-reactive ketones (excluding diaryl/α,β-unsaturated/α-hetero) is 6. The fourth-order valence-electron chi connectivity index (χ4n) is 21.8. The van der Waals surface area contributed by atoms with Crippen LogP contribution in [-0.2, 0) is 76.2 Å². The van der Waals surface area contributed by atoms with Gasteiger partial charge in [-0.3, -0.25) is 53.3 Å². The molecule has 2 aliphatic heterocycles. The molecule has 1 aromatic carbocycles. The summed E-state index contributed by atoms with van der Waals surface area (Å²) >= 11 is 0. The van der Waals surface area contributed by atoms with Gasteiger partial charge in [-0.2, -0.15) is 0 Å². The number of hydrogen-bond acceptors (Lipinski definition) is 16. The van der Waals surface area contributed by atoms with Gasteiger partial charge < -0.3 is 24.7 Å². The monoisotopic (exact) mass is 1290 g/mol. The van der Waals surface area contributed by atoms with Gasteiger partial charge in [-0.25, -0.2) is 14.6 Å². The topological polar surface area (TPSA) is 291 Å². The first-order valence-electron chi connectivity index (χ1n) is 35.1. The first kappa shape index (κ1) is 65.5. The number of amides is 2. The van der Waals surface area contributed by atoms with Gasteiger partial charge in [0.2, 0.25) is 17.4 Å². The van der Waals surface area contributed by atoms with E-state index in [-0.39, 0.29) is 178 Å². The van der Waals surface area contributed by atoms with Gasteiger partial charge in [0.15, 0.2) is 0 Å². The molecule has 20 heteroatoms. The maximum atomic E-state index is 15.0. The highest BCUT2D eigenvalue weighted by Gasteiger charge is 2.68. The second-order valence-corrected chi connectivity index (χ2v) is 31.5. The molecule has 0 saturated heterocycles. The van der Waals surface area contributed by atoms with Crippen LogP contribution in [0.3, 0.4) is 0 Å². The smallest absolute Gasteiger partial charge is 0.355 e. The Morgan fingerprint density at radius 3 is 1.87 bits per heavy atom. The minimum atomic E-state index is -2.14. The van der Waals surface area contributed by atoms with Crippen LogP contribution in [0.15, 0.2) is 35.1 Å². The lowest BCUT2D eigenvalue weighted by molar-refractivity contribution is -0.383. The Morgan fingerprint density at radius 1 is 0.734 bits per heavy atom. The average Bonchev–Trinajstić information content (AvgIpc) is 1.34. The van der Waals surface area contributed by atoms with Crippen LogP contribution in [0.1, 0.15) is 206 Å². The number of aromatic nitrogens is 2. The van der Waals surface area contributed by atoms with E-state index in [4.69, 9.17) is 14.5 Å². The lowest BCUT2D eigenvalue weighted by Crippen LogP contribution is -2.60. The number of non-ortho nitro benzene ring substituents is 1. The maximum absolute atomic E-state index is 15.0. The van der Waals surface area contributed by atoms with Crippen LogP contribution in [0.2, 0.25) is 0 Å².